The Morgan fingerprint density at radius 3 is 1.19 bits per heavy atom. The Labute approximate surface area is 336 Å². The number of aliphatic hydroxyl groups is 2. The van der Waals surface area contributed by atoms with Gasteiger partial charge in [-0.2, -0.15) is 0 Å². The standard InChI is InChI=1S/C16H32O2.C9H18O2.C8H18O.C8H16O.CH4O.4CH4/c1-5-9-11-14(7-3)13-18-16(17)15(8-4)12-10-6-2;1-4-6-7-8(5-2)9(10)11-3;2*1-3-5-6-8(4-2)7-9;1-2;;;;/h14-15H,5-13H2,1-4H3;8H,4-7H2,1-3H3;8-9H,3-7H2,1-2H3;7-8H,3-6H2,1-2H3;2H,1H3;4*1H4. The van der Waals surface area contributed by atoms with Crippen LogP contribution in [0.25, 0.3) is 0 Å². The molecule has 0 aliphatic rings. The minimum atomic E-state index is -0.0547. The summed E-state index contributed by atoms with van der Waals surface area (Å²) in [7, 11) is 2.46. The van der Waals surface area contributed by atoms with Gasteiger partial charge in [0.05, 0.1) is 25.6 Å². The van der Waals surface area contributed by atoms with Crippen LogP contribution in [0.5, 0.6) is 0 Å². The van der Waals surface area contributed by atoms with Crippen LogP contribution in [0.2, 0.25) is 0 Å². The zero-order valence-corrected chi connectivity index (χ0v) is 35.0. The highest BCUT2D eigenvalue weighted by molar-refractivity contribution is 5.72. The van der Waals surface area contributed by atoms with E-state index in [1.807, 2.05) is 6.92 Å². The van der Waals surface area contributed by atoms with Crippen LogP contribution in [0.3, 0.4) is 0 Å². The molecular weight excluding hydrogens is 664 g/mol. The van der Waals surface area contributed by atoms with E-state index in [-0.39, 0.29) is 53.5 Å². The summed E-state index contributed by atoms with van der Waals surface area (Å²) in [6.07, 6.45) is 23.4. The van der Waals surface area contributed by atoms with Gasteiger partial charge >= 0.3 is 11.9 Å². The van der Waals surface area contributed by atoms with Gasteiger partial charge in [0.1, 0.15) is 6.29 Å². The average Bonchev–Trinajstić information content (AvgIpc) is 3.14. The molecule has 0 aromatic rings. The van der Waals surface area contributed by atoms with E-state index in [0.717, 1.165) is 90.4 Å². The largest absolute Gasteiger partial charge is 0.469 e. The number of carbonyl (C=O) groups is 3. The van der Waals surface area contributed by atoms with Gasteiger partial charge in [0, 0.05) is 19.6 Å². The van der Waals surface area contributed by atoms with Crippen molar-refractivity contribution in [1.82, 2.24) is 0 Å². The van der Waals surface area contributed by atoms with Gasteiger partial charge in [-0.15, -0.1) is 0 Å². The number of hydrogen-bond acceptors (Lipinski definition) is 7. The first-order valence-corrected chi connectivity index (χ1v) is 20.4. The van der Waals surface area contributed by atoms with Crippen molar-refractivity contribution in [1.29, 1.82) is 0 Å². The molecule has 330 valence electrons. The van der Waals surface area contributed by atoms with Gasteiger partial charge in [0.15, 0.2) is 0 Å². The maximum atomic E-state index is 12.0. The molecule has 53 heavy (non-hydrogen) atoms. The molecule has 0 radical (unpaired) electrons. The lowest BCUT2D eigenvalue weighted by Crippen LogP contribution is -2.21. The third-order valence-corrected chi connectivity index (χ3v) is 9.12. The monoisotopic (exact) mass is 769 g/mol. The molecule has 0 saturated heterocycles. The number of aliphatic hydroxyl groups excluding tert-OH is 2. The van der Waals surface area contributed by atoms with Gasteiger partial charge in [0.25, 0.3) is 0 Å². The Morgan fingerprint density at radius 1 is 0.528 bits per heavy atom. The molecule has 0 fully saturated rings. The maximum absolute atomic E-state index is 12.0. The minimum absolute atomic E-state index is 0. The molecule has 0 aliphatic carbocycles. The van der Waals surface area contributed by atoms with Crippen molar-refractivity contribution in [3.05, 3.63) is 0 Å². The lowest BCUT2D eigenvalue weighted by molar-refractivity contribution is -0.150. The normalized spacial score (nSPS) is 12.1. The molecule has 0 bridgehead atoms. The van der Waals surface area contributed by atoms with Crippen LogP contribution in [-0.2, 0) is 23.9 Å². The van der Waals surface area contributed by atoms with Crippen molar-refractivity contribution >= 4 is 18.2 Å². The van der Waals surface area contributed by atoms with E-state index in [2.05, 4.69) is 67.1 Å². The molecule has 0 aliphatic heterocycles. The fraction of sp³-hybridized carbons (Fsp3) is 0.935. The van der Waals surface area contributed by atoms with Crippen LogP contribution >= 0.6 is 0 Å². The van der Waals surface area contributed by atoms with Crippen molar-refractivity contribution < 1.29 is 34.1 Å². The second-order valence-corrected chi connectivity index (χ2v) is 13.1. The fourth-order valence-corrected chi connectivity index (χ4v) is 5.01. The molecule has 7 nitrogen and oxygen atoms in total. The van der Waals surface area contributed by atoms with Gasteiger partial charge in [-0.05, 0) is 63.2 Å². The van der Waals surface area contributed by atoms with Crippen molar-refractivity contribution in [3.63, 3.8) is 0 Å². The average molecular weight is 769 g/mol. The van der Waals surface area contributed by atoms with E-state index in [9.17, 15) is 14.4 Å². The molecule has 0 saturated carbocycles. The number of esters is 2. The first kappa shape index (κ1) is 72.7. The Kier molecular flexibility index (Phi) is 85.8. The fourth-order valence-electron chi connectivity index (χ4n) is 5.01. The summed E-state index contributed by atoms with van der Waals surface area (Å²) in [5, 5.41) is 15.8. The number of unbranched alkanes of at least 4 members (excludes halogenated alkanes) is 5. The smallest absolute Gasteiger partial charge is 0.308 e. The highest BCUT2D eigenvalue weighted by Crippen LogP contribution is 2.18. The number of aldehydes is 1. The van der Waals surface area contributed by atoms with E-state index >= 15 is 0 Å². The molecule has 0 spiro atoms. The van der Waals surface area contributed by atoms with Crippen LogP contribution in [-0.4, -0.2) is 55.9 Å². The summed E-state index contributed by atoms with van der Waals surface area (Å²) in [4.78, 5) is 33.2. The molecule has 0 aromatic carbocycles. The second-order valence-electron chi connectivity index (χ2n) is 13.1. The van der Waals surface area contributed by atoms with Crippen molar-refractivity contribution in [2.75, 3.05) is 27.4 Å². The van der Waals surface area contributed by atoms with Crippen LogP contribution in [0.1, 0.15) is 227 Å². The van der Waals surface area contributed by atoms with E-state index in [4.69, 9.17) is 14.9 Å². The topological polar surface area (TPSA) is 110 Å². The summed E-state index contributed by atoms with van der Waals surface area (Å²) >= 11 is 0. The van der Waals surface area contributed by atoms with Crippen molar-refractivity contribution in [2.24, 2.45) is 29.6 Å². The number of ether oxygens (including phenoxy) is 2. The highest BCUT2D eigenvalue weighted by Gasteiger charge is 2.19. The number of hydrogen-bond donors (Lipinski definition) is 2. The van der Waals surface area contributed by atoms with Gasteiger partial charge < -0.3 is 24.5 Å². The molecular formula is C46H104O7. The van der Waals surface area contributed by atoms with Crippen LogP contribution < -0.4 is 0 Å². The molecule has 7 heteroatoms. The Bertz CT molecular complexity index is 637. The van der Waals surface area contributed by atoms with Crippen LogP contribution in [0.4, 0.5) is 0 Å². The van der Waals surface area contributed by atoms with Crippen LogP contribution in [0, 0.1) is 29.6 Å². The Hall–Kier alpha value is -1.47. The molecule has 0 aromatic heterocycles. The van der Waals surface area contributed by atoms with Gasteiger partial charge in [-0.25, -0.2) is 0 Å². The number of carbonyl (C=O) groups excluding carboxylic acids is 3. The molecule has 2 N–H and O–H groups in total. The first-order chi connectivity index (χ1) is 23.6. The van der Waals surface area contributed by atoms with Gasteiger partial charge in [-0.3, -0.25) is 9.59 Å². The molecule has 0 rings (SSSR count). The summed E-state index contributed by atoms with van der Waals surface area (Å²) in [5.74, 6) is 1.66. The Balaban J connectivity index is -0.0000000696. The SMILES string of the molecule is C.C.C.C.CCCCC(C=O)CC.CCCCC(CC)C(=O)OC.CCCCC(CC)CO.CCCCC(CC)COC(=O)C(CC)CCCC.CO. The predicted molar refractivity (Wildman–Crippen MR) is 238 cm³/mol. The highest BCUT2D eigenvalue weighted by atomic mass is 16.5. The van der Waals surface area contributed by atoms with E-state index in [1.54, 1.807) is 0 Å². The summed E-state index contributed by atoms with van der Waals surface area (Å²) in [6, 6.07) is 0. The second kappa shape index (κ2) is 62.5. The van der Waals surface area contributed by atoms with Crippen LogP contribution in [0.15, 0.2) is 0 Å². The molecule has 5 unspecified atom stereocenters. The summed E-state index contributed by atoms with van der Waals surface area (Å²) < 4.78 is 10.2. The molecule has 0 amide bonds. The quantitative estimate of drug-likeness (QED) is 0.0666. The third-order valence-electron chi connectivity index (χ3n) is 9.12. The summed E-state index contributed by atoms with van der Waals surface area (Å²) in [5.41, 5.74) is 0. The molecule has 5 atom stereocenters. The van der Waals surface area contributed by atoms with E-state index < -0.39 is 0 Å². The zero-order chi connectivity index (χ0) is 38.7. The molecule has 0 heterocycles. The summed E-state index contributed by atoms with van der Waals surface area (Å²) in [6.45, 7) is 22.3. The van der Waals surface area contributed by atoms with E-state index in [0.29, 0.717) is 31.0 Å². The zero-order valence-electron chi connectivity index (χ0n) is 35.0. The Morgan fingerprint density at radius 2 is 0.887 bits per heavy atom. The predicted octanol–water partition coefficient (Wildman–Crippen LogP) is 14.1. The first-order valence-electron chi connectivity index (χ1n) is 20.4. The van der Waals surface area contributed by atoms with Gasteiger partial charge in [0.2, 0.25) is 0 Å². The van der Waals surface area contributed by atoms with E-state index in [1.165, 1.54) is 58.5 Å². The number of methoxy groups -OCH3 is 1. The lowest BCUT2D eigenvalue weighted by atomic mass is 9.98. The lowest BCUT2D eigenvalue weighted by Gasteiger charge is -2.18. The number of rotatable bonds is 26. The minimum Gasteiger partial charge on any atom is -0.469 e. The maximum Gasteiger partial charge on any atom is 0.308 e. The third kappa shape index (κ3) is 52.7. The van der Waals surface area contributed by atoms with Crippen molar-refractivity contribution in [2.45, 2.75) is 227 Å². The van der Waals surface area contributed by atoms with Crippen molar-refractivity contribution in [3.8, 4) is 0 Å². The van der Waals surface area contributed by atoms with Gasteiger partial charge in [-0.1, -0.05) is 176 Å².